The van der Waals surface area contributed by atoms with Crippen LogP contribution in [0.5, 0.6) is 0 Å². The average molecular weight is 537 g/mol. The number of para-hydroxylation sites is 1. The highest BCUT2D eigenvalue weighted by Gasteiger charge is 2.15. The molecule has 0 N–H and O–H groups in total. The van der Waals surface area contributed by atoms with E-state index in [2.05, 4.69) is 103 Å². The highest BCUT2D eigenvalue weighted by molar-refractivity contribution is 6.22. The Kier molecular flexibility index (Phi) is 5.75. The normalized spacial score (nSPS) is 11.3. The summed E-state index contributed by atoms with van der Waals surface area (Å²) in [7, 11) is 0. The van der Waals surface area contributed by atoms with Crippen molar-refractivity contribution in [1.82, 2.24) is 19.9 Å². The van der Waals surface area contributed by atoms with Gasteiger partial charge in [0.05, 0.1) is 35.0 Å². The van der Waals surface area contributed by atoms with E-state index in [1.54, 1.807) is 0 Å². The van der Waals surface area contributed by atoms with E-state index < -0.39 is 0 Å². The van der Waals surface area contributed by atoms with Gasteiger partial charge in [-0.2, -0.15) is 0 Å². The number of benzene rings is 5. The zero-order valence-corrected chi connectivity index (χ0v) is 22.6. The Morgan fingerprint density at radius 1 is 0.381 bits per heavy atom. The molecule has 0 aliphatic heterocycles. The molecule has 0 aliphatic rings. The highest BCUT2D eigenvalue weighted by Crippen LogP contribution is 2.36. The number of fused-ring (bicyclic) bond motifs is 5. The molecule has 3 aromatic heterocycles. The quantitative estimate of drug-likeness (QED) is 0.210. The molecule has 0 aliphatic carbocycles. The fourth-order valence-electron chi connectivity index (χ4n) is 5.72. The van der Waals surface area contributed by atoms with Gasteiger partial charge in [0.15, 0.2) is 0 Å². The molecule has 196 valence electrons. The van der Waals surface area contributed by atoms with Crippen molar-refractivity contribution in [2.75, 3.05) is 0 Å². The van der Waals surface area contributed by atoms with E-state index in [1.165, 1.54) is 16.2 Å². The molecule has 8 aromatic rings. The highest BCUT2D eigenvalue weighted by atomic mass is 14.9. The van der Waals surface area contributed by atoms with E-state index in [1.807, 2.05) is 42.7 Å². The first kappa shape index (κ1) is 24.1. The minimum atomic E-state index is 0.712. The monoisotopic (exact) mass is 536 g/mol. The molecule has 0 atom stereocenters. The summed E-state index contributed by atoms with van der Waals surface area (Å²) in [6.07, 6.45) is 3.63. The minimum absolute atomic E-state index is 0.712. The van der Waals surface area contributed by atoms with Gasteiger partial charge < -0.3 is 0 Å². The summed E-state index contributed by atoms with van der Waals surface area (Å²) in [4.78, 5) is 19.9. The fraction of sp³-hybridized carbons (Fsp3) is 0. The molecule has 0 fully saturated rings. The molecule has 0 saturated carbocycles. The molecular formula is C38H24N4. The van der Waals surface area contributed by atoms with E-state index in [0.717, 1.165) is 55.8 Å². The van der Waals surface area contributed by atoms with E-state index in [-0.39, 0.29) is 0 Å². The second-order valence-electron chi connectivity index (χ2n) is 10.3. The summed E-state index contributed by atoms with van der Waals surface area (Å²) in [6, 6.07) is 45.9. The number of nitrogens with zero attached hydrogens (tertiary/aromatic N) is 4. The van der Waals surface area contributed by atoms with Crippen molar-refractivity contribution in [2.45, 2.75) is 0 Å². The smallest absolute Gasteiger partial charge is 0.108 e. The third-order valence-electron chi connectivity index (χ3n) is 7.75. The summed E-state index contributed by atoms with van der Waals surface area (Å²) in [6.45, 7) is 0. The Balaban J connectivity index is 1.28. The van der Waals surface area contributed by atoms with Gasteiger partial charge in [-0.15, -0.1) is 0 Å². The summed E-state index contributed by atoms with van der Waals surface area (Å²) in [5.74, 6) is 0. The average Bonchev–Trinajstić information content (AvgIpc) is 3.08. The fourth-order valence-corrected chi connectivity index (χ4v) is 5.72. The Hall–Kier alpha value is -5.74. The van der Waals surface area contributed by atoms with Crippen molar-refractivity contribution >= 4 is 32.4 Å². The Bertz CT molecular complexity index is 2150. The third kappa shape index (κ3) is 4.18. The standard InChI is InChI=1S/C38H24N4/c1-3-11-25(12-4-1)28-21-33(27-14-5-2-6-15-27)41-34(22-28)35-23-40-36(24-39-35)38-31-20-19-26-13-7-8-16-29(26)37(31)30-17-9-10-18-32(30)42-38/h1-24H. The number of hydrogen-bond donors (Lipinski definition) is 0. The van der Waals surface area contributed by atoms with E-state index in [9.17, 15) is 0 Å². The van der Waals surface area contributed by atoms with Gasteiger partial charge in [0.1, 0.15) is 11.4 Å². The van der Waals surface area contributed by atoms with Crippen LogP contribution < -0.4 is 0 Å². The zero-order chi connectivity index (χ0) is 27.9. The predicted molar refractivity (Wildman–Crippen MR) is 172 cm³/mol. The van der Waals surface area contributed by atoms with Gasteiger partial charge in [0.25, 0.3) is 0 Å². The maximum atomic E-state index is 5.07. The molecule has 0 unspecified atom stereocenters. The van der Waals surface area contributed by atoms with Crippen LogP contribution in [0.1, 0.15) is 0 Å². The van der Waals surface area contributed by atoms with Crippen LogP contribution in [0.2, 0.25) is 0 Å². The Labute approximate surface area is 243 Å². The van der Waals surface area contributed by atoms with Gasteiger partial charge in [-0.1, -0.05) is 115 Å². The van der Waals surface area contributed by atoms with Crippen LogP contribution in [0, 0.1) is 0 Å². The van der Waals surface area contributed by atoms with E-state index >= 15 is 0 Å². The molecule has 0 bridgehead atoms. The van der Waals surface area contributed by atoms with Crippen molar-refractivity contribution in [2.24, 2.45) is 0 Å². The van der Waals surface area contributed by atoms with Gasteiger partial charge in [-0.25, -0.2) is 9.97 Å². The lowest BCUT2D eigenvalue weighted by Gasteiger charge is -2.12. The first-order valence-corrected chi connectivity index (χ1v) is 14.0. The second kappa shape index (κ2) is 10.0. The van der Waals surface area contributed by atoms with Gasteiger partial charge >= 0.3 is 0 Å². The van der Waals surface area contributed by atoms with Crippen molar-refractivity contribution in [3.05, 3.63) is 146 Å². The summed E-state index contributed by atoms with van der Waals surface area (Å²) < 4.78 is 0. The first-order valence-electron chi connectivity index (χ1n) is 14.0. The van der Waals surface area contributed by atoms with E-state index in [0.29, 0.717) is 5.69 Å². The van der Waals surface area contributed by atoms with Crippen LogP contribution in [0.3, 0.4) is 0 Å². The van der Waals surface area contributed by atoms with Crippen LogP contribution in [0.4, 0.5) is 0 Å². The maximum Gasteiger partial charge on any atom is 0.108 e. The second-order valence-corrected chi connectivity index (χ2v) is 10.3. The van der Waals surface area contributed by atoms with Crippen molar-refractivity contribution in [3.8, 4) is 45.2 Å². The van der Waals surface area contributed by atoms with Gasteiger partial charge in [0, 0.05) is 21.7 Å². The summed E-state index contributed by atoms with van der Waals surface area (Å²) in [5, 5.41) is 5.78. The molecule has 0 radical (unpaired) electrons. The largest absolute Gasteiger partial charge is 0.251 e. The van der Waals surface area contributed by atoms with Crippen LogP contribution in [0.15, 0.2) is 146 Å². The number of aromatic nitrogens is 4. The lowest BCUT2D eigenvalue weighted by molar-refractivity contribution is 1.17. The van der Waals surface area contributed by atoms with Crippen LogP contribution in [-0.4, -0.2) is 19.9 Å². The molecule has 0 saturated heterocycles. The molecule has 4 heteroatoms. The molecule has 5 aromatic carbocycles. The number of pyridine rings is 2. The molecular weight excluding hydrogens is 512 g/mol. The van der Waals surface area contributed by atoms with E-state index in [4.69, 9.17) is 19.9 Å². The topological polar surface area (TPSA) is 51.6 Å². The lowest BCUT2D eigenvalue weighted by Crippen LogP contribution is -1.96. The Morgan fingerprint density at radius 3 is 1.81 bits per heavy atom. The molecule has 8 rings (SSSR count). The van der Waals surface area contributed by atoms with Gasteiger partial charge in [-0.05, 0) is 40.1 Å². The zero-order valence-electron chi connectivity index (χ0n) is 22.6. The van der Waals surface area contributed by atoms with Crippen LogP contribution >= 0.6 is 0 Å². The molecule has 0 amide bonds. The SMILES string of the molecule is c1ccc(-c2cc(-c3ccccc3)nc(-c3cnc(-c4nc5ccccc5c5c4ccc4ccccc45)cn3)c2)cc1. The lowest BCUT2D eigenvalue weighted by atomic mass is 9.96. The third-order valence-corrected chi connectivity index (χ3v) is 7.75. The summed E-state index contributed by atoms with van der Waals surface area (Å²) in [5.41, 5.74) is 8.14. The molecule has 4 nitrogen and oxygen atoms in total. The van der Waals surface area contributed by atoms with Gasteiger partial charge in [0.2, 0.25) is 0 Å². The Morgan fingerprint density at radius 2 is 1.02 bits per heavy atom. The number of rotatable bonds is 4. The van der Waals surface area contributed by atoms with Crippen molar-refractivity contribution < 1.29 is 0 Å². The molecule has 3 heterocycles. The summed E-state index contributed by atoms with van der Waals surface area (Å²) >= 11 is 0. The van der Waals surface area contributed by atoms with Crippen LogP contribution in [0.25, 0.3) is 77.6 Å². The maximum absolute atomic E-state index is 5.07. The molecule has 0 spiro atoms. The number of hydrogen-bond acceptors (Lipinski definition) is 4. The minimum Gasteiger partial charge on any atom is -0.251 e. The first-order chi connectivity index (χ1) is 20.8. The predicted octanol–water partition coefficient (Wildman–Crippen LogP) is 9.39. The van der Waals surface area contributed by atoms with Gasteiger partial charge in [-0.3, -0.25) is 9.97 Å². The van der Waals surface area contributed by atoms with Crippen LogP contribution in [-0.2, 0) is 0 Å². The van der Waals surface area contributed by atoms with Crippen molar-refractivity contribution in [1.29, 1.82) is 0 Å². The van der Waals surface area contributed by atoms with Crippen molar-refractivity contribution in [3.63, 3.8) is 0 Å². The molecule has 42 heavy (non-hydrogen) atoms.